The lowest BCUT2D eigenvalue weighted by Gasteiger charge is -2.19. The normalized spacial score (nSPS) is 18.2. The van der Waals surface area contributed by atoms with Gasteiger partial charge >= 0.3 is 0 Å². The molecule has 2 amide bonds. The SMILES string of the molecule is CN1C[C@H](C(=O)Nc2cccc(Cl)c2)[C@@H](c2ccc(/C=C/C(=O)Nc3ccccc3N)cc2)C1. The number of halogens is 1. The Hall–Kier alpha value is -3.61. The molecule has 4 N–H and O–H groups in total. The van der Waals surface area contributed by atoms with Gasteiger partial charge in [-0.15, -0.1) is 0 Å². The number of nitrogen functional groups attached to an aromatic ring is 1. The number of rotatable bonds is 6. The Labute approximate surface area is 204 Å². The Morgan fingerprint density at radius 3 is 2.50 bits per heavy atom. The van der Waals surface area contributed by atoms with Gasteiger partial charge in [0.15, 0.2) is 0 Å². The molecule has 7 heteroatoms. The first kappa shape index (κ1) is 23.5. The van der Waals surface area contributed by atoms with Gasteiger partial charge in [0.05, 0.1) is 17.3 Å². The molecule has 0 spiro atoms. The van der Waals surface area contributed by atoms with E-state index < -0.39 is 0 Å². The summed E-state index contributed by atoms with van der Waals surface area (Å²) in [5.74, 6) is -0.367. The molecule has 3 aromatic rings. The second-order valence-corrected chi connectivity index (χ2v) is 8.95. The largest absolute Gasteiger partial charge is 0.397 e. The summed E-state index contributed by atoms with van der Waals surface area (Å²) in [5, 5.41) is 6.36. The van der Waals surface area contributed by atoms with Crippen LogP contribution in [-0.2, 0) is 9.59 Å². The maximum absolute atomic E-state index is 13.0. The lowest BCUT2D eigenvalue weighted by molar-refractivity contribution is -0.119. The van der Waals surface area contributed by atoms with E-state index in [4.69, 9.17) is 17.3 Å². The standard InChI is InChI=1S/C27H27ClN4O2/c1-32-16-22(23(17-32)27(34)30-21-6-4-5-20(28)15-21)19-12-9-18(10-13-19)11-14-26(33)31-25-8-3-2-7-24(25)29/h2-15,22-23H,16-17,29H2,1H3,(H,30,34)(H,31,33)/b14-11+/t22-,23+/m1/s1. The third kappa shape index (κ3) is 5.84. The Balaban J connectivity index is 1.41. The van der Waals surface area contributed by atoms with Crippen LogP contribution in [0.2, 0.25) is 5.02 Å². The number of anilines is 3. The summed E-state index contributed by atoms with van der Waals surface area (Å²) in [6.45, 7) is 1.48. The van der Waals surface area contributed by atoms with Crippen molar-refractivity contribution in [3.8, 4) is 0 Å². The fourth-order valence-corrected chi connectivity index (χ4v) is 4.41. The van der Waals surface area contributed by atoms with Crippen molar-refractivity contribution in [3.63, 3.8) is 0 Å². The number of hydrogen-bond donors (Lipinski definition) is 3. The van der Waals surface area contributed by atoms with Crippen molar-refractivity contribution >= 4 is 46.6 Å². The second kappa shape index (κ2) is 10.5. The number of amides is 2. The van der Waals surface area contributed by atoms with Gasteiger partial charge in [0.25, 0.3) is 0 Å². The number of nitrogens with zero attached hydrogens (tertiary/aromatic N) is 1. The smallest absolute Gasteiger partial charge is 0.248 e. The monoisotopic (exact) mass is 474 g/mol. The van der Waals surface area contributed by atoms with Gasteiger partial charge in [0, 0.05) is 35.8 Å². The van der Waals surface area contributed by atoms with Crippen molar-refractivity contribution in [2.75, 3.05) is 36.5 Å². The molecule has 34 heavy (non-hydrogen) atoms. The summed E-state index contributed by atoms with van der Waals surface area (Å²) in [6.07, 6.45) is 3.23. The lowest BCUT2D eigenvalue weighted by Crippen LogP contribution is -2.28. The Morgan fingerprint density at radius 1 is 1.00 bits per heavy atom. The summed E-state index contributed by atoms with van der Waals surface area (Å²) in [4.78, 5) is 27.4. The van der Waals surface area contributed by atoms with Gasteiger partial charge < -0.3 is 21.3 Å². The van der Waals surface area contributed by atoms with Crippen LogP contribution in [0, 0.1) is 5.92 Å². The van der Waals surface area contributed by atoms with Crippen molar-refractivity contribution in [3.05, 3.63) is 95.0 Å². The van der Waals surface area contributed by atoms with Crippen LogP contribution in [-0.4, -0.2) is 36.9 Å². The molecule has 0 aliphatic carbocycles. The molecule has 0 saturated carbocycles. The molecule has 0 unspecified atom stereocenters. The molecule has 0 radical (unpaired) electrons. The van der Waals surface area contributed by atoms with Gasteiger partial charge in [-0.2, -0.15) is 0 Å². The quantitative estimate of drug-likeness (QED) is 0.352. The summed E-state index contributed by atoms with van der Waals surface area (Å²) in [6, 6.07) is 22.3. The molecule has 174 valence electrons. The highest BCUT2D eigenvalue weighted by molar-refractivity contribution is 6.30. The average molecular weight is 475 g/mol. The molecular weight excluding hydrogens is 448 g/mol. The molecule has 1 heterocycles. The van der Waals surface area contributed by atoms with Crippen LogP contribution in [0.15, 0.2) is 78.9 Å². The van der Waals surface area contributed by atoms with Gasteiger partial charge in [-0.1, -0.05) is 54.1 Å². The van der Waals surface area contributed by atoms with E-state index in [0.717, 1.165) is 17.7 Å². The van der Waals surface area contributed by atoms with Crippen LogP contribution >= 0.6 is 11.6 Å². The van der Waals surface area contributed by atoms with Crippen LogP contribution in [0.5, 0.6) is 0 Å². The molecule has 0 aromatic heterocycles. The number of benzene rings is 3. The van der Waals surface area contributed by atoms with E-state index in [2.05, 4.69) is 15.5 Å². The van der Waals surface area contributed by atoms with Gasteiger partial charge in [-0.05, 0) is 54.6 Å². The van der Waals surface area contributed by atoms with Gasteiger partial charge in [-0.25, -0.2) is 0 Å². The molecule has 2 atom stereocenters. The van der Waals surface area contributed by atoms with Crippen molar-refractivity contribution < 1.29 is 9.59 Å². The Bertz CT molecular complexity index is 1210. The van der Waals surface area contributed by atoms with E-state index in [0.29, 0.717) is 28.6 Å². The minimum atomic E-state index is -0.253. The van der Waals surface area contributed by atoms with Crippen molar-refractivity contribution in [2.24, 2.45) is 5.92 Å². The van der Waals surface area contributed by atoms with Crippen LogP contribution < -0.4 is 16.4 Å². The molecule has 1 fully saturated rings. The van der Waals surface area contributed by atoms with Crippen molar-refractivity contribution in [2.45, 2.75) is 5.92 Å². The van der Waals surface area contributed by atoms with Gasteiger partial charge in [0.1, 0.15) is 0 Å². The lowest BCUT2D eigenvalue weighted by atomic mass is 9.88. The zero-order valence-electron chi connectivity index (χ0n) is 18.9. The third-order valence-electron chi connectivity index (χ3n) is 5.94. The number of para-hydroxylation sites is 2. The second-order valence-electron chi connectivity index (χ2n) is 8.51. The zero-order valence-corrected chi connectivity index (χ0v) is 19.6. The van der Waals surface area contributed by atoms with Crippen LogP contribution in [0.3, 0.4) is 0 Å². The zero-order chi connectivity index (χ0) is 24.1. The first-order valence-corrected chi connectivity index (χ1v) is 11.5. The van der Waals surface area contributed by atoms with E-state index in [1.54, 1.807) is 30.3 Å². The molecule has 1 aliphatic heterocycles. The predicted molar refractivity (Wildman–Crippen MR) is 139 cm³/mol. The molecular formula is C27H27ClN4O2. The maximum Gasteiger partial charge on any atom is 0.248 e. The molecule has 1 aliphatic rings. The predicted octanol–water partition coefficient (Wildman–Crippen LogP) is 4.86. The van der Waals surface area contributed by atoms with Crippen LogP contribution in [0.4, 0.5) is 17.1 Å². The van der Waals surface area contributed by atoms with E-state index in [9.17, 15) is 9.59 Å². The number of hydrogen-bond acceptors (Lipinski definition) is 4. The van der Waals surface area contributed by atoms with Gasteiger partial charge in [0.2, 0.25) is 11.8 Å². The minimum Gasteiger partial charge on any atom is -0.397 e. The summed E-state index contributed by atoms with van der Waals surface area (Å²) in [7, 11) is 2.02. The molecule has 4 rings (SSSR count). The highest BCUT2D eigenvalue weighted by atomic mass is 35.5. The first-order valence-electron chi connectivity index (χ1n) is 11.1. The number of carbonyl (C=O) groups is 2. The fourth-order valence-electron chi connectivity index (χ4n) is 4.22. The van der Waals surface area contributed by atoms with Crippen molar-refractivity contribution in [1.29, 1.82) is 0 Å². The van der Waals surface area contributed by atoms with Gasteiger partial charge in [-0.3, -0.25) is 9.59 Å². The molecule has 3 aromatic carbocycles. The maximum atomic E-state index is 13.0. The molecule has 0 bridgehead atoms. The minimum absolute atomic E-state index is 0.0163. The Kier molecular flexibility index (Phi) is 7.30. The van der Waals surface area contributed by atoms with E-state index in [1.807, 2.05) is 55.6 Å². The van der Waals surface area contributed by atoms with Crippen molar-refractivity contribution in [1.82, 2.24) is 4.90 Å². The summed E-state index contributed by atoms with van der Waals surface area (Å²) >= 11 is 6.05. The molecule has 6 nitrogen and oxygen atoms in total. The fraction of sp³-hybridized carbons (Fsp3) is 0.185. The number of nitrogens with one attached hydrogen (secondary N) is 2. The number of likely N-dealkylation sites (N-methyl/N-ethyl adjacent to an activating group) is 1. The van der Waals surface area contributed by atoms with E-state index in [-0.39, 0.29) is 23.7 Å². The number of likely N-dealkylation sites (tertiary alicyclic amines) is 1. The highest BCUT2D eigenvalue weighted by Crippen LogP contribution is 2.33. The molecule has 1 saturated heterocycles. The Morgan fingerprint density at radius 2 is 1.76 bits per heavy atom. The van der Waals surface area contributed by atoms with E-state index in [1.165, 1.54) is 6.08 Å². The topological polar surface area (TPSA) is 87.5 Å². The summed E-state index contributed by atoms with van der Waals surface area (Å²) < 4.78 is 0. The third-order valence-corrected chi connectivity index (χ3v) is 6.18. The number of nitrogens with two attached hydrogens (primary N) is 1. The first-order chi connectivity index (χ1) is 16.4. The van der Waals surface area contributed by atoms with Crippen LogP contribution in [0.1, 0.15) is 17.0 Å². The highest BCUT2D eigenvalue weighted by Gasteiger charge is 2.37. The average Bonchev–Trinajstić information content (AvgIpc) is 3.21. The van der Waals surface area contributed by atoms with E-state index >= 15 is 0 Å². The van der Waals surface area contributed by atoms with Crippen LogP contribution in [0.25, 0.3) is 6.08 Å². The number of carbonyl (C=O) groups excluding carboxylic acids is 2. The summed E-state index contributed by atoms with van der Waals surface area (Å²) in [5.41, 5.74) is 9.65.